The van der Waals surface area contributed by atoms with E-state index in [1.807, 2.05) is 12.3 Å². The van der Waals surface area contributed by atoms with E-state index in [4.69, 9.17) is 0 Å². The van der Waals surface area contributed by atoms with Gasteiger partial charge in [-0.25, -0.2) is 9.37 Å². The molecule has 20 heavy (non-hydrogen) atoms. The minimum Gasteiger partial charge on any atom is -0.358 e. The smallest absolute Gasteiger partial charge is 0.185 e. The number of hydrogen-bond acceptors (Lipinski definition) is 3. The van der Waals surface area contributed by atoms with Crippen molar-refractivity contribution in [1.82, 2.24) is 9.97 Å². The average molecular weight is 287 g/mol. The zero-order chi connectivity index (χ0) is 13.7. The third kappa shape index (κ3) is 1.81. The number of hydrogen-bond donors (Lipinski definition) is 1. The average Bonchev–Trinajstić information content (AvgIpc) is 3.02. The number of thiazole rings is 1. The second-order valence-electron chi connectivity index (χ2n) is 5.20. The van der Waals surface area contributed by atoms with Crippen LogP contribution in [0.4, 0.5) is 9.52 Å². The maximum Gasteiger partial charge on any atom is 0.185 e. The Labute approximate surface area is 120 Å². The van der Waals surface area contributed by atoms with Gasteiger partial charge in [-0.1, -0.05) is 0 Å². The van der Waals surface area contributed by atoms with E-state index < -0.39 is 0 Å². The van der Waals surface area contributed by atoms with Crippen LogP contribution in [0.15, 0.2) is 24.4 Å². The number of aryl methyl sites for hydroxylation is 1. The summed E-state index contributed by atoms with van der Waals surface area (Å²) in [7, 11) is 0. The fraction of sp³-hybridized carbons (Fsp3) is 0.267. The van der Waals surface area contributed by atoms with E-state index >= 15 is 0 Å². The lowest BCUT2D eigenvalue weighted by molar-refractivity contribution is 0.629. The van der Waals surface area contributed by atoms with E-state index in [1.54, 1.807) is 17.4 Å². The number of benzene rings is 1. The summed E-state index contributed by atoms with van der Waals surface area (Å²) >= 11 is 1.71. The van der Waals surface area contributed by atoms with Gasteiger partial charge < -0.3 is 9.88 Å². The summed E-state index contributed by atoms with van der Waals surface area (Å²) in [6.07, 6.45) is 2.86. The van der Waals surface area contributed by atoms with Crippen molar-refractivity contribution in [3.8, 4) is 0 Å². The van der Waals surface area contributed by atoms with Crippen molar-refractivity contribution in [2.24, 2.45) is 0 Å². The van der Waals surface area contributed by atoms with Gasteiger partial charge in [-0.2, -0.15) is 0 Å². The van der Waals surface area contributed by atoms with E-state index in [0.717, 1.165) is 35.5 Å². The minimum atomic E-state index is -0.179. The fourth-order valence-electron chi connectivity index (χ4n) is 2.84. The maximum atomic E-state index is 13.5. The Morgan fingerprint density at radius 1 is 1.40 bits per heavy atom. The lowest BCUT2D eigenvalue weighted by Crippen LogP contribution is -2.29. The number of H-pyrrole nitrogens is 1. The normalized spacial score (nSPS) is 14.8. The number of halogens is 1. The third-order valence-corrected chi connectivity index (χ3v) is 4.79. The first-order chi connectivity index (χ1) is 9.70. The molecule has 0 unspecified atom stereocenters. The molecule has 0 fully saturated rings. The first-order valence-corrected chi connectivity index (χ1v) is 7.49. The first-order valence-electron chi connectivity index (χ1n) is 6.67. The summed E-state index contributed by atoms with van der Waals surface area (Å²) in [6, 6.07) is 4.95. The van der Waals surface area contributed by atoms with E-state index in [2.05, 4.69) is 21.8 Å². The predicted molar refractivity (Wildman–Crippen MR) is 79.9 cm³/mol. The molecule has 0 atom stereocenters. The molecule has 0 aliphatic carbocycles. The number of nitrogens with zero attached hydrogens (tertiary/aromatic N) is 2. The molecule has 102 valence electrons. The lowest BCUT2D eigenvalue weighted by Gasteiger charge is -2.26. The Bertz CT molecular complexity index is 790. The topological polar surface area (TPSA) is 31.9 Å². The summed E-state index contributed by atoms with van der Waals surface area (Å²) in [4.78, 5) is 11.4. The number of fused-ring (bicyclic) bond motifs is 3. The molecule has 2 aromatic heterocycles. The molecule has 0 spiro atoms. The van der Waals surface area contributed by atoms with Crippen molar-refractivity contribution < 1.29 is 4.39 Å². The zero-order valence-corrected chi connectivity index (χ0v) is 11.9. The number of aromatic amines is 1. The van der Waals surface area contributed by atoms with Gasteiger partial charge in [0.15, 0.2) is 5.13 Å². The van der Waals surface area contributed by atoms with Gasteiger partial charge >= 0.3 is 0 Å². The van der Waals surface area contributed by atoms with Crippen LogP contribution in [0, 0.1) is 12.7 Å². The Morgan fingerprint density at radius 2 is 2.30 bits per heavy atom. The quantitative estimate of drug-likeness (QED) is 0.741. The molecule has 0 saturated carbocycles. The van der Waals surface area contributed by atoms with Gasteiger partial charge in [0, 0.05) is 52.7 Å². The number of aromatic nitrogens is 2. The molecule has 1 N–H and O–H groups in total. The first kappa shape index (κ1) is 11.9. The summed E-state index contributed by atoms with van der Waals surface area (Å²) in [5.41, 5.74) is 3.46. The van der Waals surface area contributed by atoms with Crippen molar-refractivity contribution in [2.45, 2.75) is 19.9 Å². The molecule has 4 rings (SSSR count). The standard InChI is InChI=1S/C15H14FN3S/c1-9-7-17-15(20-9)19-5-4-14-12(8-19)11-6-10(16)2-3-13(11)18-14/h2-3,6-7,18H,4-5,8H2,1H3. The number of nitrogens with one attached hydrogen (secondary N) is 1. The number of anilines is 1. The predicted octanol–water partition coefficient (Wildman–Crippen LogP) is 3.63. The van der Waals surface area contributed by atoms with Crippen molar-refractivity contribution in [3.63, 3.8) is 0 Å². The van der Waals surface area contributed by atoms with Crippen LogP contribution < -0.4 is 4.90 Å². The highest BCUT2D eigenvalue weighted by molar-refractivity contribution is 7.15. The molecule has 5 heteroatoms. The summed E-state index contributed by atoms with van der Waals surface area (Å²) < 4.78 is 13.5. The molecule has 0 saturated heterocycles. The minimum absolute atomic E-state index is 0.179. The highest BCUT2D eigenvalue weighted by Gasteiger charge is 2.22. The third-order valence-electron chi connectivity index (χ3n) is 3.82. The molecular weight excluding hydrogens is 273 g/mol. The van der Waals surface area contributed by atoms with Crippen LogP contribution >= 0.6 is 11.3 Å². The van der Waals surface area contributed by atoms with E-state index in [9.17, 15) is 4.39 Å². The maximum absolute atomic E-state index is 13.5. The molecule has 0 bridgehead atoms. The second-order valence-corrected chi connectivity index (χ2v) is 6.41. The van der Waals surface area contributed by atoms with Crippen LogP contribution in [0.25, 0.3) is 10.9 Å². The highest BCUT2D eigenvalue weighted by Crippen LogP contribution is 2.32. The van der Waals surface area contributed by atoms with Gasteiger partial charge in [0.05, 0.1) is 0 Å². The Kier molecular flexibility index (Phi) is 2.57. The summed E-state index contributed by atoms with van der Waals surface area (Å²) in [5, 5.41) is 2.05. The highest BCUT2D eigenvalue weighted by atomic mass is 32.1. The monoisotopic (exact) mass is 287 g/mol. The van der Waals surface area contributed by atoms with E-state index in [-0.39, 0.29) is 5.82 Å². The van der Waals surface area contributed by atoms with Gasteiger partial charge in [0.1, 0.15) is 5.82 Å². The van der Waals surface area contributed by atoms with Crippen molar-refractivity contribution >= 4 is 27.4 Å². The fourth-order valence-corrected chi connectivity index (χ4v) is 3.62. The van der Waals surface area contributed by atoms with Crippen molar-refractivity contribution in [2.75, 3.05) is 11.4 Å². The van der Waals surface area contributed by atoms with Crippen LogP contribution in [-0.4, -0.2) is 16.5 Å². The number of rotatable bonds is 1. The van der Waals surface area contributed by atoms with E-state index in [0.29, 0.717) is 0 Å². The molecule has 3 nitrogen and oxygen atoms in total. The van der Waals surface area contributed by atoms with Gasteiger partial charge in [0.25, 0.3) is 0 Å². The van der Waals surface area contributed by atoms with Crippen LogP contribution in [0.1, 0.15) is 16.1 Å². The second kappa shape index (κ2) is 4.31. The zero-order valence-electron chi connectivity index (χ0n) is 11.1. The van der Waals surface area contributed by atoms with Crippen LogP contribution in [0.2, 0.25) is 0 Å². The van der Waals surface area contributed by atoms with Gasteiger partial charge in [-0.15, -0.1) is 11.3 Å². The van der Waals surface area contributed by atoms with Crippen LogP contribution in [0.5, 0.6) is 0 Å². The Morgan fingerprint density at radius 3 is 3.10 bits per heavy atom. The SMILES string of the molecule is Cc1cnc(N2CCc3[nH]c4ccc(F)cc4c3C2)s1. The molecule has 3 aromatic rings. The molecular formula is C15H14FN3S. The summed E-state index contributed by atoms with van der Waals surface area (Å²) in [5.74, 6) is -0.179. The molecule has 0 amide bonds. The molecule has 0 radical (unpaired) electrons. The summed E-state index contributed by atoms with van der Waals surface area (Å²) in [6.45, 7) is 3.82. The molecule has 1 aliphatic rings. The van der Waals surface area contributed by atoms with Crippen molar-refractivity contribution in [3.05, 3.63) is 46.3 Å². The van der Waals surface area contributed by atoms with Gasteiger partial charge in [-0.05, 0) is 25.1 Å². The Hall–Kier alpha value is -1.88. The lowest BCUT2D eigenvalue weighted by atomic mass is 10.0. The van der Waals surface area contributed by atoms with E-state index in [1.165, 1.54) is 22.2 Å². The van der Waals surface area contributed by atoms with Crippen molar-refractivity contribution in [1.29, 1.82) is 0 Å². The van der Waals surface area contributed by atoms with Crippen LogP contribution in [-0.2, 0) is 13.0 Å². The Balaban J connectivity index is 1.77. The molecule has 1 aliphatic heterocycles. The van der Waals surface area contributed by atoms with Crippen LogP contribution in [0.3, 0.4) is 0 Å². The molecule has 1 aromatic carbocycles. The molecule has 3 heterocycles. The van der Waals surface area contributed by atoms with Gasteiger partial charge in [0.2, 0.25) is 0 Å². The van der Waals surface area contributed by atoms with Gasteiger partial charge in [-0.3, -0.25) is 0 Å². The largest absolute Gasteiger partial charge is 0.358 e.